The molecule has 2 rings (SSSR count). The molecule has 1 aromatic rings. The molecule has 0 aliphatic carbocycles. The molecule has 1 aliphatic heterocycles. The zero-order valence-corrected chi connectivity index (χ0v) is 6.43. The van der Waals surface area contributed by atoms with E-state index in [4.69, 9.17) is 0 Å². The van der Waals surface area contributed by atoms with Crippen molar-refractivity contribution >= 4 is 0 Å². The van der Waals surface area contributed by atoms with E-state index in [1.54, 1.807) is 0 Å². The molecule has 0 bridgehead atoms. The van der Waals surface area contributed by atoms with Crippen molar-refractivity contribution in [3.8, 4) is 0 Å². The van der Waals surface area contributed by atoms with Crippen LogP contribution in [0.5, 0.6) is 0 Å². The molecule has 0 spiro atoms. The van der Waals surface area contributed by atoms with E-state index in [0.717, 1.165) is 6.54 Å². The SMILES string of the molecule is c1ccc(C2CCCN2)cc#1. The molecule has 1 nitrogen and oxygen atoms in total. The zero-order valence-electron chi connectivity index (χ0n) is 6.43. The average molecular weight is 145 g/mol. The van der Waals surface area contributed by atoms with Crippen molar-refractivity contribution in [2.75, 3.05) is 6.54 Å². The van der Waals surface area contributed by atoms with Gasteiger partial charge in [0.25, 0.3) is 0 Å². The highest BCUT2D eigenvalue weighted by Crippen LogP contribution is 2.21. The fourth-order valence-electron chi connectivity index (χ4n) is 1.54. The number of hydrogen-bond acceptors (Lipinski definition) is 1. The monoisotopic (exact) mass is 145 g/mol. The molecule has 56 valence electrons. The minimum atomic E-state index is 0.570. The Morgan fingerprint density at radius 1 is 1.45 bits per heavy atom. The smallest absolute Gasteiger partial charge is 0.0327 e. The molecule has 1 N–H and O–H groups in total. The van der Waals surface area contributed by atoms with Crippen LogP contribution in [0.2, 0.25) is 0 Å². The summed E-state index contributed by atoms with van der Waals surface area (Å²) in [6, 6.07) is 12.5. The van der Waals surface area contributed by atoms with Crippen molar-refractivity contribution in [3.63, 3.8) is 0 Å². The largest absolute Gasteiger partial charge is 0.310 e. The quantitative estimate of drug-likeness (QED) is 0.634. The zero-order chi connectivity index (χ0) is 7.52. The summed E-state index contributed by atoms with van der Waals surface area (Å²) in [5, 5.41) is 3.44. The maximum atomic E-state index is 3.44. The lowest BCUT2D eigenvalue weighted by Crippen LogP contribution is -2.12. The second-order valence-corrected chi connectivity index (χ2v) is 2.92. The molecule has 1 heterocycles. The number of nitrogens with one attached hydrogen (secondary N) is 1. The molecule has 1 unspecified atom stereocenters. The predicted octanol–water partition coefficient (Wildman–Crippen LogP) is 1.71. The van der Waals surface area contributed by atoms with Gasteiger partial charge < -0.3 is 5.32 Å². The summed E-state index contributed by atoms with van der Waals surface area (Å²) in [6.07, 6.45) is 2.56. The maximum absolute atomic E-state index is 3.44. The molecule has 1 fully saturated rings. The summed E-state index contributed by atoms with van der Waals surface area (Å²) in [5.74, 6) is 0. The van der Waals surface area contributed by atoms with Crippen LogP contribution < -0.4 is 5.32 Å². The predicted molar refractivity (Wildman–Crippen MR) is 44.1 cm³/mol. The van der Waals surface area contributed by atoms with Crippen molar-refractivity contribution in [2.45, 2.75) is 18.9 Å². The lowest BCUT2D eigenvalue weighted by molar-refractivity contribution is 0.648. The Kier molecular flexibility index (Phi) is 1.79. The summed E-state index contributed by atoms with van der Waals surface area (Å²) in [5.41, 5.74) is 1.35. The van der Waals surface area contributed by atoms with Crippen LogP contribution in [-0.2, 0) is 0 Å². The minimum absolute atomic E-state index is 0.570. The van der Waals surface area contributed by atoms with Crippen LogP contribution in [0.3, 0.4) is 0 Å². The summed E-state index contributed by atoms with van der Waals surface area (Å²) in [6.45, 7) is 1.16. The molecule has 1 aromatic carbocycles. The Balaban J connectivity index is 2.16. The molecule has 0 aromatic heterocycles. The molecule has 0 radical (unpaired) electrons. The molecule has 1 heteroatoms. The highest BCUT2D eigenvalue weighted by molar-refractivity contribution is 5.15. The fourth-order valence-corrected chi connectivity index (χ4v) is 1.54. The van der Waals surface area contributed by atoms with Crippen molar-refractivity contribution in [2.24, 2.45) is 0 Å². The van der Waals surface area contributed by atoms with Crippen LogP contribution in [0.15, 0.2) is 18.2 Å². The standard InChI is InChI=1S/C10H11N/c1-2-5-9(6-3-1)10-7-4-8-11-10/h2,5-6,10-11H,4,7-8H2. The van der Waals surface area contributed by atoms with Gasteiger partial charge in [0.15, 0.2) is 0 Å². The van der Waals surface area contributed by atoms with Crippen LogP contribution in [-0.4, -0.2) is 6.54 Å². The van der Waals surface area contributed by atoms with Crippen molar-refractivity contribution in [1.82, 2.24) is 5.32 Å². The van der Waals surface area contributed by atoms with Gasteiger partial charge in [0.1, 0.15) is 0 Å². The van der Waals surface area contributed by atoms with E-state index >= 15 is 0 Å². The van der Waals surface area contributed by atoms with E-state index in [0.29, 0.717) is 6.04 Å². The van der Waals surface area contributed by atoms with Crippen molar-refractivity contribution in [3.05, 3.63) is 35.9 Å². The molecular weight excluding hydrogens is 134 g/mol. The first kappa shape index (κ1) is 6.69. The van der Waals surface area contributed by atoms with Gasteiger partial charge in [-0.1, -0.05) is 12.1 Å². The molecule has 1 saturated heterocycles. The second-order valence-electron chi connectivity index (χ2n) is 2.92. The lowest BCUT2D eigenvalue weighted by atomic mass is 10.1. The Bertz CT molecular complexity index is 212. The van der Waals surface area contributed by atoms with Gasteiger partial charge in [0.2, 0.25) is 0 Å². The minimum Gasteiger partial charge on any atom is -0.310 e. The molecular formula is C10H11N. The van der Waals surface area contributed by atoms with Crippen LogP contribution in [0.4, 0.5) is 0 Å². The van der Waals surface area contributed by atoms with Gasteiger partial charge in [-0.2, -0.15) is 0 Å². The van der Waals surface area contributed by atoms with E-state index in [9.17, 15) is 0 Å². The first-order valence-electron chi connectivity index (χ1n) is 4.08. The van der Waals surface area contributed by atoms with Crippen LogP contribution in [0.1, 0.15) is 24.4 Å². The average Bonchev–Trinajstić information content (AvgIpc) is 2.58. The third kappa shape index (κ3) is 1.36. The molecule has 1 aliphatic rings. The van der Waals surface area contributed by atoms with E-state index < -0.39 is 0 Å². The Labute approximate surface area is 67.4 Å². The molecule has 11 heavy (non-hydrogen) atoms. The van der Waals surface area contributed by atoms with Crippen LogP contribution in [0.25, 0.3) is 0 Å². The third-order valence-electron chi connectivity index (χ3n) is 2.14. The van der Waals surface area contributed by atoms with Crippen molar-refractivity contribution in [1.29, 1.82) is 0 Å². The lowest BCUT2D eigenvalue weighted by Gasteiger charge is -2.07. The van der Waals surface area contributed by atoms with Crippen LogP contribution >= 0.6 is 0 Å². The van der Waals surface area contributed by atoms with E-state index in [-0.39, 0.29) is 0 Å². The van der Waals surface area contributed by atoms with Gasteiger partial charge in [-0.05, 0) is 43.1 Å². The Morgan fingerprint density at radius 2 is 2.45 bits per heavy atom. The van der Waals surface area contributed by atoms with E-state index in [1.165, 1.54) is 18.4 Å². The van der Waals surface area contributed by atoms with E-state index in [2.05, 4.69) is 23.5 Å². The number of rotatable bonds is 1. The van der Waals surface area contributed by atoms with Gasteiger partial charge in [0.05, 0.1) is 0 Å². The first-order valence-corrected chi connectivity index (χ1v) is 4.08. The van der Waals surface area contributed by atoms with Crippen molar-refractivity contribution < 1.29 is 0 Å². The van der Waals surface area contributed by atoms with Crippen LogP contribution in [0, 0.1) is 12.1 Å². The summed E-state index contributed by atoms with van der Waals surface area (Å²) in [7, 11) is 0. The maximum Gasteiger partial charge on any atom is 0.0327 e. The Hall–Kier alpha value is -1.00. The third-order valence-corrected chi connectivity index (χ3v) is 2.14. The Morgan fingerprint density at radius 3 is 3.09 bits per heavy atom. The first-order chi connectivity index (χ1) is 5.47. The van der Waals surface area contributed by atoms with Gasteiger partial charge >= 0.3 is 0 Å². The second kappa shape index (κ2) is 2.94. The summed E-state index contributed by atoms with van der Waals surface area (Å²) < 4.78 is 0. The molecule has 0 amide bonds. The van der Waals surface area contributed by atoms with Gasteiger partial charge in [-0.3, -0.25) is 0 Å². The summed E-state index contributed by atoms with van der Waals surface area (Å²) >= 11 is 0. The van der Waals surface area contributed by atoms with E-state index in [1.807, 2.05) is 12.1 Å². The van der Waals surface area contributed by atoms with Gasteiger partial charge in [-0.15, -0.1) is 0 Å². The topological polar surface area (TPSA) is 12.0 Å². The van der Waals surface area contributed by atoms with Gasteiger partial charge in [-0.25, -0.2) is 0 Å². The fraction of sp³-hybridized carbons (Fsp3) is 0.400. The van der Waals surface area contributed by atoms with Gasteiger partial charge in [0, 0.05) is 6.04 Å². The number of hydrogen-bond donors (Lipinski definition) is 1. The molecule has 1 atom stereocenters. The highest BCUT2D eigenvalue weighted by Gasteiger charge is 2.14. The highest BCUT2D eigenvalue weighted by atomic mass is 14.9. The normalized spacial score (nSPS) is 23.1. The summed E-state index contributed by atoms with van der Waals surface area (Å²) in [4.78, 5) is 0. The molecule has 0 saturated carbocycles.